The van der Waals surface area contributed by atoms with Crippen LogP contribution in [-0.2, 0) is 29.5 Å². The molecule has 1 atom stereocenters. The zero-order chi connectivity index (χ0) is 25.8. The van der Waals surface area contributed by atoms with Gasteiger partial charge in [0.2, 0.25) is 0 Å². The van der Waals surface area contributed by atoms with Gasteiger partial charge in [-0.25, -0.2) is 18.2 Å². The van der Waals surface area contributed by atoms with Crippen molar-refractivity contribution in [1.29, 1.82) is 0 Å². The second-order valence-corrected chi connectivity index (χ2v) is 12.0. The minimum Gasteiger partial charge on any atom is -0.319 e. The van der Waals surface area contributed by atoms with E-state index in [1.807, 2.05) is 30.3 Å². The molecular formula is C28H35N5O3S. The average molecular weight is 522 g/mol. The zero-order valence-electron chi connectivity index (χ0n) is 21.3. The van der Waals surface area contributed by atoms with Crippen LogP contribution in [0.15, 0.2) is 66.1 Å². The topological polar surface area (TPSA) is 96.3 Å². The Morgan fingerprint density at radius 2 is 1.95 bits per heavy atom. The molecule has 2 heterocycles. The third-order valence-electron chi connectivity index (χ3n) is 7.56. The van der Waals surface area contributed by atoms with Crippen LogP contribution in [0.2, 0.25) is 0 Å². The molecule has 1 saturated carbocycles. The molecule has 1 amide bonds. The van der Waals surface area contributed by atoms with Gasteiger partial charge in [0, 0.05) is 38.1 Å². The molecule has 0 spiro atoms. The monoisotopic (exact) mass is 521 g/mol. The van der Waals surface area contributed by atoms with Crippen LogP contribution in [0.5, 0.6) is 0 Å². The first-order chi connectivity index (χ1) is 17.9. The Morgan fingerprint density at radius 3 is 2.73 bits per heavy atom. The number of imidazole rings is 1. The third-order valence-corrected chi connectivity index (χ3v) is 8.92. The van der Waals surface area contributed by atoms with E-state index < -0.39 is 10.0 Å². The molecule has 1 aromatic heterocycles. The first-order valence-electron chi connectivity index (χ1n) is 13.1. The Morgan fingerprint density at radius 1 is 1.14 bits per heavy atom. The molecule has 2 aliphatic rings. The van der Waals surface area contributed by atoms with E-state index in [0.717, 1.165) is 29.0 Å². The molecule has 0 unspecified atom stereocenters. The van der Waals surface area contributed by atoms with Gasteiger partial charge in [-0.1, -0.05) is 49.9 Å². The summed E-state index contributed by atoms with van der Waals surface area (Å²) in [5.41, 5.74) is 3.43. The molecule has 196 valence electrons. The van der Waals surface area contributed by atoms with Gasteiger partial charge < -0.3 is 10.2 Å². The Kier molecular flexibility index (Phi) is 7.62. The lowest BCUT2D eigenvalue weighted by atomic mass is 9.99. The first-order valence-corrected chi connectivity index (χ1v) is 14.6. The summed E-state index contributed by atoms with van der Waals surface area (Å²) in [6.07, 6.45) is 11.8. The summed E-state index contributed by atoms with van der Waals surface area (Å²) < 4.78 is 30.9. The van der Waals surface area contributed by atoms with Crippen molar-refractivity contribution >= 4 is 21.7 Å². The van der Waals surface area contributed by atoms with Gasteiger partial charge in [0.25, 0.3) is 10.0 Å². The number of hydrogen-bond donors (Lipinski definition) is 2. The molecule has 5 rings (SSSR count). The fraction of sp³-hybridized carbons (Fsp3) is 0.429. The van der Waals surface area contributed by atoms with Gasteiger partial charge in [-0.2, -0.15) is 0 Å². The van der Waals surface area contributed by atoms with Crippen LogP contribution >= 0.6 is 0 Å². The second kappa shape index (κ2) is 11.1. The van der Waals surface area contributed by atoms with E-state index in [1.165, 1.54) is 36.6 Å². The fourth-order valence-electron chi connectivity index (χ4n) is 5.49. The number of para-hydroxylation sites is 1. The number of carbonyl (C=O) groups excluding carboxylic acids is 1. The number of anilines is 1. The quantitative estimate of drug-likeness (QED) is 0.445. The highest BCUT2D eigenvalue weighted by molar-refractivity contribution is 7.92. The summed E-state index contributed by atoms with van der Waals surface area (Å²) in [5, 5.41) is 3.58. The Labute approximate surface area is 219 Å². The first kappa shape index (κ1) is 25.5. The summed E-state index contributed by atoms with van der Waals surface area (Å²) >= 11 is 0. The largest absolute Gasteiger partial charge is 0.329 e. The summed E-state index contributed by atoms with van der Waals surface area (Å²) in [7, 11) is -3.76. The van der Waals surface area contributed by atoms with Gasteiger partial charge >= 0.3 is 6.03 Å². The number of sulfonamides is 1. The maximum Gasteiger partial charge on any atom is 0.329 e. The molecule has 37 heavy (non-hydrogen) atoms. The van der Waals surface area contributed by atoms with Crippen LogP contribution < -0.4 is 10.0 Å². The smallest absolute Gasteiger partial charge is 0.319 e. The van der Waals surface area contributed by atoms with Crippen molar-refractivity contribution in [2.75, 3.05) is 11.3 Å². The van der Waals surface area contributed by atoms with Gasteiger partial charge in [0.15, 0.2) is 0 Å². The van der Waals surface area contributed by atoms with E-state index in [4.69, 9.17) is 0 Å². The Hall–Kier alpha value is -3.17. The summed E-state index contributed by atoms with van der Waals surface area (Å²) in [5.74, 6) is 0.802. The van der Waals surface area contributed by atoms with Crippen molar-refractivity contribution in [3.8, 4) is 0 Å². The van der Waals surface area contributed by atoms with Crippen LogP contribution in [0.25, 0.3) is 0 Å². The third kappa shape index (κ3) is 6.05. The van der Waals surface area contributed by atoms with Gasteiger partial charge in [0.05, 0.1) is 10.6 Å². The van der Waals surface area contributed by atoms with Gasteiger partial charge in [0.1, 0.15) is 6.33 Å². The number of aromatic nitrogens is 2. The van der Waals surface area contributed by atoms with Crippen molar-refractivity contribution in [1.82, 2.24) is 19.8 Å². The van der Waals surface area contributed by atoms with Crippen LogP contribution in [0.4, 0.5) is 10.5 Å². The molecule has 8 nitrogen and oxygen atoms in total. The molecule has 9 heteroatoms. The Balaban J connectivity index is 1.25. The highest BCUT2D eigenvalue weighted by Crippen LogP contribution is 2.29. The molecule has 3 aromatic rings. The van der Waals surface area contributed by atoms with Crippen LogP contribution in [0, 0.1) is 5.92 Å². The highest BCUT2D eigenvalue weighted by atomic mass is 32.2. The number of benzene rings is 2. The molecule has 1 fully saturated rings. The predicted molar refractivity (Wildman–Crippen MR) is 144 cm³/mol. The molecule has 0 saturated heterocycles. The number of fused-ring (bicyclic) bond motifs is 1. The summed E-state index contributed by atoms with van der Waals surface area (Å²) in [6, 6.07) is 13.0. The standard InChI is InChI=1S/C28H35N5O3S/c1-21(16-22-6-2-3-7-22)30-18-24-8-4-5-9-27(24)31-37(35,36)26-11-10-25-19-32(14-12-23(25)17-26)28(34)33-15-13-29-20-33/h4-5,8-11,13,15,17,20-22,30-31H,2-3,6-7,12,14,16,18-19H2,1H3/t21-/m0/s1. The molecule has 0 bridgehead atoms. The van der Waals surface area contributed by atoms with Crippen molar-refractivity contribution in [3.63, 3.8) is 0 Å². The van der Waals surface area contributed by atoms with Crippen molar-refractivity contribution in [2.24, 2.45) is 5.92 Å². The van der Waals surface area contributed by atoms with Crippen molar-refractivity contribution in [2.45, 2.75) is 69.5 Å². The number of hydrogen-bond acceptors (Lipinski definition) is 5. The van der Waals surface area contributed by atoms with E-state index in [-0.39, 0.29) is 10.9 Å². The molecule has 1 aliphatic heterocycles. The molecular weight excluding hydrogens is 486 g/mol. The minimum atomic E-state index is -3.76. The van der Waals surface area contributed by atoms with Crippen molar-refractivity contribution < 1.29 is 13.2 Å². The van der Waals surface area contributed by atoms with E-state index in [9.17, 15) is 13.2 Å². The number of nitrogens with one attached hydrogen (secondary N) is 2. The SMILES string of the molecule is C[C@@H](CC1CCCC1)NCc1ccccc1NS(=O)(=O)c1ccc2c(c1)CCN(C(=O)n1ccnc1)C2. The predicted octanol–water partition coefficient (Wildman–Crippen LogP) is 4.77. The highest BCUT2D eigenvalue weighted by Gasteiger charge is 2.24. The van der Waals surface area contributed by atoms with E-state index >= 15 is 0 Å². The van der Waals surface area contributed by atoms with E-state index in [2.05, 4.69) is 21.9 Å². The lowest BCUT2D eigenvalue weighted by Gasteiger charge is -2.29. The second-order valence-electron chi connectivity index (χ2n) is 10.3. The number of nitrogens with zero attached hydrogens (tertiary/aromatic N) is 3. The van der Waals surface area contributed by atoms with Crippen LogP contribution in [0.3, 0.4) is 0 Å². The maximum atomic E-state index is 13.3. The normalized spacial score (nSPS) is 16.9. The number of carbonyl (C=O) groups is 1. The minimum absolute atomic E-state index is 0.135. The van der Waals surface area contributed by atoms with Crippen LogP contribution in [0.1, 0.15) is 55.7 Å². The van der Waals surface area contributed by atoms with Crippen molar-refractivity contribution in [3.05, 3.63) is 77.9 Å². The Bertz CT molecular complexity index is 1330. The van der Waals surface area contributed by atoms with E-state index in [1.54, 1.807) is 29.4 Å². The maximum absolute atomic E-state index is 13.3. The molecule has 1 aliphatic carbocycles. The van der Waals surface area contributed by atoms with Gasteiger partial charge in [-0.05, 0) is 60.6 Å². The zero-order valence-corrected chi connectivity index (χ0v) is 22.1. The van der Waals surface area contributed by atoms with Gasteiger partial charge in [-0.3, -0.25) is 9.29 Å². The van der Waals surface area contributed by atoms with Gasteiger partial charge in [-0.15, -0.1) is 0 Å². The molecule has 2 aromatic carbocycles. The summed E-state index contributed by atoms with van der Waals surface area (Å²) in [4.78, 5) is 18.6. The summed E-state index contributed by atoms with van der Waals surface area (Å²) in [6.45, 7) is 3.78. The lowest BCUT2D eigenvalue weighted by molar-refractivity contribution is 0.194. The fourth-order valence-corrected chi connectivity index (χ4v) is 6.64. The number of amides is 1. The molecule has 2 N–H and O–H groups in total. The lowest BCUT2D eigenvalue weighted by Crippen LogP contribution is -2.38. The van der Waals surface area contributed by atoms with Crippen LogP contribution in [-0.4, -0.2) is 41.5 Å². The molecule has 0 radical (unpaired) electrons. The van der Waals surface area contributed by atoms with E-state index in [0.29, 0.717) is 37.8 Å². The number of rotatable bonds is 8. The average Bonchev–Trinajstić information content (AvgIpc) is 3.62.